The van der Waals surface area contributed by atoms with E-state index in [1.54, 1.807) is 6.20 Å². The van der Waals surface area contributed by atoms with Gasteiger partial charge in [0, 0.05) is 46.5 Å². The molecule has 2 fully saturated rings. The molecule has 2 aliphatic rings. The second kappa shape index (κ2) is 16.9. The number of carbonyl (C=O) groups excluding carboxylic acids is 1. The highest BCUT2D eigenvalue weighted by Crippen LogP contribution is 2.53. The Bertz CT molecular complexity index is 1560. The Morgan fingerprint density at radius 1 is 1.00 bits per heavy atom. The summed E-state index contributed by atoms with van der Waals surface area (Å²) in [5, 5.41) is 28.8. The lowest BCUT2D eigenvalue weighted by Gasteiger charge is -2.22. The fourth-order valence-corrected chi connectivity index (χ4v) is 6.40. The van der Waals surface area contributed by atoms with Gasteiger partial charge in [-0.05, 0) is 105 Å². The number of carboxylic acid groups (broad SMARTS) is 1. The second-order valence-electron chi connectivity index (χ2n) is 12.8. The number of amides is 1. The third-order valence-electron chi connectivity index (χ3n) is 8.92. The normalized spacial score (nSPS) is 15.6. The van der Waals surface area contributed by atoms with Gasteiger partial charge >= 0.3 is 5.97 Å². The van der Waals surface area contributed by atoms with Gasteiger partial charge in [-0.3, -0.25) is 14.6 Å². The molecule has 258 valence electrons. The van der Waals surface area contributed by atoms with Crippen molar-refractivity contribution < 1.29 is 34.4 Å². The number of aliphatic hydroxyl groups is 2. The van der Waals surface area contributed by atoms with Crippen molar-refractivity contribution in [3.8, 4) is 16.9 Å². The monoisotopic (exact) mass is 698 g/mol. The van der Waals surface area contributed by atoms with E-state index < -0.39 is 17.7 Å². The van der Waals surface area contributed by atoms with Crippen LogP contribution in [0.2, 0.25) is 10.0 Å². The fourth-order valence-electron chi connectivity index (χ4n) is 5.88. The Morgan fingerprint density at radius 3 is 2.48 bits per heavy atom. The molecule has 48 heavy (non-hydrogen) atoms. The van der Waals surface area contributed by atoms with Gasteiger partial charge in [-0.25, -0.2) is 0 Å². The molecule has 9 nitrogen and oxygen atoms in total. The molecule has 1 heterocycles. The number of unbranched alkanes of at least 4 members (excludes halogenated alkanes) is 2. The summed E-state index contributed by atoms with van der Waals surface area (Å²) >= 11 is 13.4. The van der Waals surface area contributed by atoms with Gasteiger partial charge in [-0.15, -0.1) is 0 Å². The van der Waals surface area contributed by atoms with Crippen molar-refractivity contribution in [1.82, 2.24) is 9.88 Å². The lowest BCUT2D eigenvalue weighted by atomic mass is 9.96. The number of nitrogens with zero attached hydrogens (tertiary/aromatic N) is 2. The molecular weight excluding hydrogens is 655 g/mol. The Morgan fingerprint density at radius 2 is 1.75 bits per heavy atom. The number of aryl methyl sites for hydroxylation is 1. The van der Waals surface area contributed by atoms with E-state index >= 15 is 0 Å². The van der Waals surface area contributed by atoms with Gasteiger partial charge in [0.1, 0.15) is 12.3 Å². The molecule has 3 N–H and O–H groups in total. The van der Waals surface area contributed by atoms with Crippen LogP contribution in [0.15, 0.2) is 54.9 Å². The van der Waals surface area contributed by atoms with Crippen LogP contribution in [0.3, 0.4) is 0 Å². The van der Waals surface area contributed by atoms with Gasteiger partial charge in [0.2, 0.25) is 5.91 Å². The SMILES string of the molecule is O=C(O)CN(CCCCC(O)CO)C(=O)CCCCc1cc(Cl)c(COC2(c3cnccc3-c3ccccc3OC3CC3)CC2)cc1Cl. The smallest absolute Gasteiger partial charge is 0.323 e. The van der Waals surface area contributed by atoms with E-state index in [2.05, 4.69) is 11.1 Å². The van der Waals surface area contributed by atoms with Crippen LogP contribution in [-0.4, -0.2) is 69.0 Å². The molecule has 0 bridgehead atoms. The zero-order chi connectivity index (χ0) is 34.1. The van der Waals surface area contributed by atoms with E-state index in [9.17, 15) is 19.8 Å². The second-order valence-corrected chi connectivity index (χ2v) is 13.6. The molecule has 3 aromatic rings. The molecule has 1 unspecified atom stereocenters. The van der Waals surface area contributed by atoms with Gasteiger partial charge in [0.15, 0.2) is 0 Å². The van der Waals surface area contributed by atoms with Crippen LogP contribution in [-0.2, 0) is 33.0 Å². The van der Waals surface area contributed by atoms with E-state index in [0.717, 1.165) is 59.3 Å². The molecule has 11 heteroatoms. The van der Waals surface area contributed by atoms with Crippen LogP contribution in [0.4, 0.5) is 0 Å². The predicted molar refractivity (Wildman–Crippen MR) is 184 cm³/mol. The summed E-state index contributed by atoms with van der Waals surface area (Å²) in [4.78, 5) is 29.8. The standard InChI is InChI=1S/C37H44Cl2N2O7/c38-32-20-26(33(39)19-25(32)7-1-4-11-35(44)41(22-36(45)46)18-6-5-8-27(43)23-42)24-47-37(15-16-37)31-21-40-17-14-29(31)30-9-2-3-10-34(30)48-28-12-13-28/h2-3,9-10,14,17,19-21,27-28,42-43H,1,4-8,11-13,15-16,18,22-24H2,(H,45,46). The number of aliphatic carboxylic acids is 1. The molecule has 0 spiro atoms. The van der Waals surface area contributed by atoms with Crippen molar-refractivity contribution in [3.63, 3.8) is 0 Å². The lowest BCUT2D eigenvalue weighted by Crippen LogP contribution is -2.36. The van der Waals surface area contributed by atoms with E-state index in [1.807, 2.05) is 42.6 Å². The van der Waals surface area contributed by atoms with E-state index in [-0.39, 0.29) is 31.6 Å². The summed E-state index contributed by atoms with van der Waals surface area (Å²) in [7, 11) is 0. The van der Waals surface area contributed by atoms with Gasteiger partial charge in [0.25, 0.3) is 0 Å². The number of ether oxygens (including phenoxy) is 2. The number of rotatable bonds is 20. The van der Waals surface area contributed by atoms with Crippen molar-refractivity contribution in [2.45, 2.75) is 95.0 Å². The molecule has 2 saturated carbocycles. The van der Waals surface area contributed by atoms with Gasteiger partial charge < -0.3 is 29.7 Å². The number of aliphatic hydroxyl groups excluding tert-OH is 2. The van der Waals surface area contributed by atoms with Gasteiger partial charge in [-0.2, -0.15) is 0 Å². The minimum absolute atomic E-state index is 0.221. The van der Waals surface area contributed by atoms with Gasteiger partial charge in [0.05, 0.1) is 31.0 Å². The predicted octanol–water partition coefficient (Wildman–Crippen LogP) is 6.95. The van der Waals surface area contributed by atoms with Crippen LogP contribution in [0.1, 0.15) is 80.9 Å². The molecule has 0 radical (unpaired) electrons. The van der Waals surface area contributed by atoms with Crippen LogP contribution in [0, 0.1) is 0 Å². The number of hydrogen-bond donors (Lipinski definition) is 3. The highest BCUT2D eigenvalue weighted by molar-refractivity contribution is 6.34. The van der Waals surface area contributed by atoms with E-state index in [4.69, 9.17) is 37.8 Å². The molecular formula is C37H44Cl2N2O7. The number of carboxylic acids is 1. The highest BCUT2D eigenvalue weighted by atomic mass is 35.5. The highest BCUT2D eigenvalue weighted by Gasteiger charge is 2.48. The lowest BCUT2D eigenvalue weighted by molar-refractivity contribution is -0.144. The van der Waals surface area contributed by atoms with Crippen LogP contribution in [0.5, 0.6) is 5.75 Å². The largest absolute Gasteiger partial charge is 0.490 e. The van der Waals surface area contributed by atoms with Crippen molar-refractivity contribution >= 4 is 35.1 Å². The molecule has 0 aliphatic heterocycles. The first-order valence-corrected chi connectivity index (χ1v) is 17.5. The van der Waals surface area contributed by atoms with Crippen LogP contribution < -0.4 is 4.74 Å². The molecule has 2 aromatic carbocycles. The molecule has 0 saturated heterocycles. The maximum Gasteiger partial charge on any atom is 0.323 e. The zero-order valence-corrected chi connectivity index (χ0v) is 28.6. The van der Waals surface area contributed by atoms with E-state index in [1.165, 1.54) is 4.90 Å². The average Bonchev–Trinajstić information content (AvgIpc) is 4.02. The van der Waals surface area contributed by atoms with Crippen molar-refractivity contribution in [1.29, 1.82) is 0 Å². The fraction of sp³-hybridized carbons (Fsp3) is 0.486. The first-order valence-electron chi connectivity index (χ1n) is 16.8. The number of carbonyl (C=O) groups is 2. The maximum absolute atomic E-state index is 12.8. The molecule has 5 rings (SSSR count). The number of aromatic nitrogens is 1. The Labute approximate surface area is 291 Å². The first-order chi connectivity index (χ1) is 23.2. The Hall–Kier alpha value is -3.21. The maximum atomic E-state index is 12.8. The minimum Gasteiger partial charge on any atom is -0.490 e. The number of para-hydroxylation sites is 1. The molecule has 2 aliphatic carbocycles. The number of benzene rings is 2. The minimum atomic E-state index is -1.07. The summed E-state index contributed by atoms with van der Waals surface area (Å²) in [6.07, 6.45) is 10.7. The molecule has 1 amide bonds. The number of pyridine rings is 1. The summed E-state index contributed by atoms with van der Waals surface area (Å²) in [6, 6.07) is 13.9. The van der Waals surface area contributed by atoms with Gasteiger partial charge in [-0.1, -0.05) is 41.4 Å². The summed E-state index contributed by atoms with van der Waals surface area (Å²) < 4.78 is 12.8. The topological polar surface area (TPSA) is 129 Å². The summed E-state index contributed by atoms with van der Waals surface area (Å²) in [6.45, 7) is -0.0956. The summed E-state index contributed by atoms with van der Waals surface area (Å²) in [5.74, 6) is -0.412. The van der Waals surface area contributed by atoms with Crippen molar-refractivity contribution in [2.24, 2.45) is 0 Å². The number of halogens is 2. The Balaban J connectivity index is 1.15. The molecule has 1 atom stereocenters. The average molecular weight is 700 g/mol. The molecule has 1 aromatic heterocycles. The van der Waals surface area contributed by atoms with Crippen molar-refractivity contribution in [3.05, 3.63) is 81.6 Å². The summed E-state index contributed by atoms with van der Waals surface area (Å²) in [5.41, 5.74) is 4.34. The third kappa shape index (κ3) is 9.92. The van der Waals surface area contributed by atoms with Crippen molar-refractivity contribution in [2.75, 3.05) is 19.7 Å². The quantitative estimate of drug-likeness (QED) is 0.108. The zero-order valence-electron chi connectivity index (χ0n) is 27.1. The van der Waals surface area contributed by atoms with Crippen LogP contribution >= 0.6 is 23.2 Å². The third-order valence-corrected chi connectivity index (χ3v) is 9.63. The number of hydrogen-bond acceptors (Lipinski definition) is 7. The van der Waals surface area contributed by atoms with E-state index in [0.29, 0.717) is 61.7 Å². The first kappa shape index (κ1) is 36.1. The Kier molecular flexibility index (Phi) is 12.7. The van der Waals surface area contributed by atoms with Crippen LogP contribution in [0.25, 0.3) is 11.1 Å².